The van der Waals surface area contributed by atoms with Gasteiger partial charge in [0.25, 0.3) is 0 Å². The number of rotatable bonds is 5. The van der Waals surface area contributed by atoms with E-state index in [1.807, 2.05) is 25.3 Å². The van der Waals surface area contributed by atoms with Crippen LogP contribution >= 0.6 is 11.6 Å². The predicted molar refractivity (Wildman–Crippen MR) is 114 cm³/mol. The second-order valence-corrected chi connectivity index (χ2v) is 7.59. The number of hydrogen-bond donors (Lipinski definition) is 4. The van der Waals surface area contributed by atoms with Crippen molar-refractivity contribution in [3.8, 4) is 11.3 Å². The molecule has 9 heteroatoms. The number of halogens is 1. The van der Waals surface area contributed by atoms with E-state index in [2.05, 4.69) is 35.9 Å². The number of hydrogen-bond acceptors (Lipinski definition) is 5. The standard InChI is InChI=1S/C20H24ClN7O/c1-2-22-20(29)26-13-7-5-12(6-8-13)25-19-27-16(10-17(21)28-19)15-11-24-18-14(15)4-3-9-23-18/h3-4,9-13H,2,5-8H2,1H3,(H,23,24)(H2,22,26,29)(H,25,27,28)/t12-,13-. The summed E-state index contributed by atoms with van der Waals surface area (Å²) in [6.45, 7) is 2.54. The van der Waals surface area contributed by atoms with Crippen LogP contribution in [-0.4, -0.2) is 44.6 Å². The maximum Gasteiger partial charge on any atom is 0.314 e. The predicted octanol–water partition coefficient (Wildman–Crippen LogP) is 3.72. The van der Waals surface area contributed by atoms with E-state index in [0.717, 1.165) is 48.0 Å². The van der Waals surface area contributed by atoms with Crippen molar-refractivity contribution in [2.75, 3.05) is 11.9 Å². The molecular formula is C20H24ClN7O. The number of amides is 2. The molecule has 1 aliphatic rings. The Bertz CT molecular complexity index is 997. The third-order valence-corrected chi connectivity index (χ3v) is 5.35. The second kappa shape index (κ2) is 8.65. The molecule has 3 aromatic rings. The summed E-state index contributed by atoms with van der Waals surface area (Å²) < 4.78 is 0. The fourth-order valence-electron chi connectivity index (χ4n) is 3.75. The number of H-pyrrole nitrogens is 1. The fraction of sp³-hybridized carbons (Fsp3) is 0.400. The molecule has 2 amide bonds. The highest BCUT2D eigenvalue weighted by Gasteiger charge is 2.23. The van der Waals surface area contributed by atoms with Crippen LogP contribution < -0.4 is 16.0 Å². The Hall–Kier alpha value is -2.87. The molecule has 0 aliphatic heterocycles. The van der Waals surface area contributed by atoms with Gasteiger partial charge in [0.2, 0.25) is 5.95 Å². The summed E-state index contributed by atoms with van der Waals surface area (Å²) >= 11 is 6.27. The molecule has 0 radical (unpaired) electrons. The largest absolute Gasteiger partial charge is 0.351 e. The Labute approximate surface area is 173 Å². The molecule has 0 unspecified atom stereocenters. The van der Waals surface area contributed by atoms with Crippen molar-refractivity contribution in [2.45, 2.75) is 44.7 Å². The molecule has 0 saturated heterocycles. The lowest BCUT2D eigenvalue weighted by atomic mass is 9.91. The number of anilines is 1. The summed E-state index contributed by atoms with van der Waals surface area (Å²) in [4.78, 5) is 28.2. The lowest BCUT2D eigenvalue weighted by Crippen LogP contribution is -2.44. The van der Waals surface area contributed by atoms with Gasteiger partial charge in [-0.1, -0.05) is 11.6 Å². The van der Waals surface area contributed by atoms with Gasteiger partial charge in [-0.15, -0.1) is 0 Å². The van der Waals surface area contributed by atoms with Crippen LogP contribution in [0.1, 0.15) is 32.6 Å². The average Bonchev–Trinajstić information content (AvgIpc) is 3.13. The number of fused-ring (bicyclic) bond motifs is 1. The quantitative estimate of drug-likeness (QED) is 0.477. The van der Waals surface area contributed by atoms with E-state index >= 15 is 0 Å². The molecule has 8 nitrogen and oxygen atoms in total. The van der Waals surface area contributed by atoms with Crippen molar-refractivity contribution in [3.63, 3.8) is 0 Å². The van der Waals surface area contributed by atoms with E-state index in [-0.39, 0.29) is 18.1 Å². The van der Waals surface area contributed by atoms with Gasteiger partial charge in [-0.25, -0.2) is 19.7 Å². The molecule has 3 aromatic heterocycles. The van der Waals surface area contributed by atoms with Crippen LogP contribution in [0.5, 0.6) is 0 Å². The van der Waals surface area contributed by atoms with Crippen molar-refractivity contribution in [3.05, 3.63) is 35.7 Å². The first kappa shape index (κ1) is 19.4. The number of nitrogens with one attached hydrogen (secondary N) is 4. The maximum absolute atomic E-state index is 11.7. The average molecular weight is 414 g/mol. The Morgan fingerprint density at radius 3 is 2.83 bits per heavy atom. The molecule has 0 aromatic carbocycles. The summed E-state index contributed by atoms with van der Waals surface area (Å²) in [6, 6.07) is 6.01. The van der Waals surface area contributed by atoms with Crippen LogP contribution in [0.3, 0.4) is 0 Å². The number of urea groups is 1. The Morgan fingerprint density at radius 2 is 2.03 bits per heavy atom. The number of nitrogens with zero attached hydrogens (tertiary/aromatic N) is 3. The third kappa shape index (κ3) is 4.59. The normalized spacial score (nSPS) is 19.1. The van der Waals surface area contributed by atoms with Crippen molar-refractivity contribution in [2.24, 2.45) is 0 Å². The minimum atomic E-state index is -0.0973. The first-order valence-electron chi connectivity index (χ1n) is 9.90. The zero-order valence-corrected chi connectivity index (χ0v) is 17.0. The topological polar surface area (TPSA) is 108 Å². The van der Waals surface area contributed by atoms with E-state index in [9.17, 15) is 4.79 Å². The SMILES string of the molecule is CCNC(=O)N[C@H]1CC[C@H](Nc2nc(Cl)cc(-c3c[nH]c4ncccc34)n2)CC1. The number of aromatic nitrogens is 4. The van der Waals surface area contributed by atoms with Gasteiger partial charge in [-0.2, -0.15) is 0 Å². The molecular weight excluding hydrogens is 390 g/mol. The fourth-order valence-corrected chi connectivity index (χ4v) is 3.93. The maximum atomic E-state index is 11.7. The van der Waals surface area contributed by atoms with Crippen molar-refractivity contribution in [1.82, 2.24) is 30.6 Å². The number of aromatic amines is 1. The van der Waals surface area contributed by atoms with Gasteiger partial charge < -0.3 is 20.9 Å². The highest BCUT2D eigenvalue weighted by molar-refractivity contribution is 6.29. The number of carbonyl (C=O) groups excluding carboxylic acids is 1. The molecule has 1 saturated carbocycles. The van der Waals surface area contributed by atoms with Crippen LogP contribution in [0.15, 0.2) is 30.6 Å². The van der Waals surface area contributed by atoms with E-state index in [4.69, 9.17) is 11.6 Å². The minimum absolute atomic E-state index is 0.0973. The molecule has 0 atom stereocenters. The number of carbonyl (C=O) groups is 1. The first-order chi connectivity index (χ1) is 14.1. The van der Waals surface area contributed by atoms with Crippen LogP contribution in [0.4, 0.5) is 10.7 Å². The summed E-state index contributed by atoms with van der Waals surface area (Å²) in [5.41, 5.74) is 2.50. The van der Waals surface area contributed by atoms with E-state index in [1.54, 1.807) is 12.3 Å². The van der Waals surface area contributed by atoms with Crippen LogP contribution in [0.25, 0.3) is 22.3 Å². The summed E-state index contributed by atoms with van der Waals surface area (Å²) in [5.74, 6) is 0.519. The Balaban J connectivity index is 1.43. The van der Waals surface area contributed by atoms with E-state index < -0.39 is 0 Å². The summed E-state index contributed by atoms with van der Waals surface area (Å²) in [7, 11) is 0. The molecule has 1 aliphatic carbocycles. The van der Waals surface area contributed by atoms with Gasteiger partial charge in [0.05, 0.1) is 5.69 Å². The van der Waals surface area contributed by atoms with Crippen molar-refractivity contribution >= 4 is 34.6 Å². The van der Waals surface area contributed by atoms with Gasteiger partial charge in [-0.05, 0) is 44.7 Å². The Morgan fingerprint density at radius 1 is 1.24 bits per heavy atom. The molecule has 29 heavy (non-hydrogen) atoms. The monoisotopic (exact) mass is 413 g/mol. The van der Waals surface area contributed by atoms with Gasteiger partial charge in [0, 0.05) is 48.0 Å². The van der Waals surface area contributed by atoms with Crippen LogP contribution in [-0.2, 0) is 0 Å². The van der Waals surface area contributed by atoms with Crippen molar-refractivity contribution in [1.29, 1.82) is 0 Å². The van der Waals surface area contributed by atoms with Crippen molar-refractivity contribution < 1.29 is 4.79 Å². The lowest BCUT2D eigenvalue weighted by molar-refractivity contribution is 0.232. The zero-order chi connectivity index (χ0) is 20.2. The molecule has 0 bridgehead atoms. The van der Waals surface area contributed by atoms with E-state index in [0.29, 0.717) is 17.6 Å². The van der Waals surface area contributed by atoms with E-state index in [1.165, 1.54) is 0 Å². The second-order valence-electron chi connectivity index (χ2n) is 7.20. The van der Waals surface area contributed by atoms with Gasteiger partial charge in [0.1, 0.15) is 10.8 Å². The molecule has 3 heterocycles. The first-order valence-corrected chi connectivity index (χ1v) is 10.3. The Kier molecular flexibility index (Phi) is 5.80. The molecule has 152 valence electrons. The number of pyridine rings is 1. The molecule has 4 rings (SSSR count). The zero-order valence-electron chi connectivity index (χ0n) is 16.2. The van der Waals surface area contributed by atoms with Crippen LogP contribution in [0, 0.1) is 0 Å². The summed E-state index contributed by atoms with van der Waals surface area (Å²) in [6.07, 6.45) is 7.32. The molecule has 4 N–H and O–H groups in total. The molecule has 0 spiro atoms. The third-order valence-electron chi connectivity index (χ3n) is 5.15. The smallest absolute Gasteiger partial charge is 0.314 e. The summed E-state index contributed by atoms with van der Waals surface area (Å²) in [5, 5.41) is 10.6. The van der Waals surface area contributed by atoms with Crippen LogP contribution in [0.2, 0.25) is 5.15 Å². The minimum Gasteiger partial charge on any atom is -0.351 e. The van der Waals surface area contributed by atoms with Gasteiger partial charge >= 0.3 is 6.03 Å². The highest BCUT2D eigenvalue weighted by atomic mass is 35.5. The van der Waals surface area contributed by atoms with Gasteiger partial charge in [-0.3, -0.25) is 0 Å². The molecule has 1 fully saturated rings. The van der Waals surface area contributed by atoms with Gasteiger partial charge in [0.15, 0.2) is 0 Å². The highest BCUT2D eigenvalue weighted by Crippen LogP contribution is 2.29. The lowest BCUT2D eigenvalue weighted by Gasteiger charge is -2.29.